The Hall–Kier alpha value is -8.20. The summed E-state index contributed by atoms with van der Waals surface area (Å²) in [6.45, 7) is 6.37. The van der Waals surface area contributed by atoms with Crippen LogP contribution in [0.15, 0.2) is 241 Å². The number of benzene rings is 9. The van der Waals surface area contributed by atoms with Crippen molar-refractivity contribution in [2.24, 2.45) is 0 Å². The van der Waals surface area contributed by atoms with Crippen LogP contribution in [0.2, 0.25) is 0 Å². The van der Waals surface area contributed by atoms with E-state index in [0.29, 0.717) is 0 Å². The zero-order chi connectivity index (χ0) is 43.0. The molecule has 0 atom stereocenters. The highest BCUT2D eigenvalue weighted by atomic mass is 16.3. The molecule has 0 bridgehead atoms. The van der Waals surface area contributed by atoms with E-state index in [1.807, 2.05) is 25.2 Å². The summed E-state index contributed by atoms with van der Waals surface area (Å²) < 4.78 is 6.47. The summed E-state index contributed by atoms with van der Waals surface area (Å²) in [5.41, 5.74) is 18.6. The molecule has 0 fully saturated rings. The van der Waals surface area contributed by atoms with Crippen LogP contribution in [0.3, 0.4) is 0 Å². The van der Waals surface area contributed by atoms with Crippen LogP contribution in [0.5, 0.6) is 0 Å². The lowest BCUT2D eigenvalue weighted by atomic mass is 9.67. The van der Waals surface area contributed by atoms with Gasteiger partial charge in [-0.2, -0.15) is 0 Å². The normalized spacial score (nSPS) is 13.0. The van der Waals surface area contributed by atoms with Crippen molar-refractivity contribution in [2.75, 3.05) is 4.90 Å². The van der Waals surface area contributed by atoms with Gasteiger partial charge in [0, 0.05) is 33.2 Å². The van der Waals surface area contributed by atoms with Crippen LogP contribution in [0.25, 0.3) is 68.1 Å². The first-order valence-electron chi connectivity index (χ1n) is 22.0. The molecule has 11 rings (SSSR count). The number of para-hydroxylation sites is 1. The van der Waals surface area contributed by atoms with E-state index in [9.17, 15) is 0 Å². The second kappa shape index (κ2) is 16.2. The summed E-state index contributed by atoms with van der Waals surface area (Å²) >= 11 is 0. The molecule has 1 aliphatic carbocycles. The molecular formula is C62H45NO. The number of fused-ring (bicyclic) bond motifs is 4. The second-order valence-electron chi connectivity index (χ2n) is 16.4. The fraction of sp³-hybridized carbons (Fsp3) is 0.0323. The molecule has 1 heterocycles. The van der Waals surface area contributed by atoms with E-state index >= 15 is 0 Å². The summed E-state index contributed by atoms with van der Waals surface area (Å²) in [6.07, 6.45) is 5.97. The SMILES string of the molecule is C=c1/c(=C\C=C/C)oc2c(-c3ccc(N(c4ccc(-c5ccccc5)cc4)c4ccc5c(c4)C(c4ccccc4)(c4ccccc4)c4cccc(-c6ccccc6)c4-5)cc3)cccc12. The molecular weight excluding hydrogens is 775 g/mol. The first-order valence-corrected chi connectivity index (χ1v) is 22.0. The van der Waals surface area contributed by atoms with Crippen LogP contribution in [0.1, 0.15) is 29.2 Å². The van der Waals surface area contributed by atoms with Crippen molar-refractivity contribution in [1.29, 1.82) is 0 Å². The van der Waals surface area contributed by atoms with Gasteiger partial charge in [0.2, 0.25) is 0 Å². The Morgan fingerprint density at radius 3 is 1.59 bits per heavy atom. The highest BCUT2D eigenvalue weighted by Crippen LogP contribution is 2.59. The number of allylic oxidation sites excluding steroid dienone is 2. The molecule has 1 aliphatic rings. The third kappa shape index (κ3) is 6.42. The van der Waals surface area contributed by atoms with Gasteiger partial charge in [0.15, 0.2) is 0 Å². The van der Waals surface area contributed by atoms with Crippen LogP contribution < -0.4 is 15.5 Å². The molecule has 0 unspecified atom stereocenters. The summed E-state index contributed by atoms with van der Waals surface area (Å²) in [7, 11) is 0. The average molecular weight is 820 g/mol. The highest BCUT2D eigenvalue weighted by molar-refractivity contribution is 5.97. The fourth-order valence-corrected chi connectivity index (χ4v) is 9.93. The van der Waals surface area contributed by atoms with Crippen molar-refractivity contribution < 1.29 is 4.42 Å². The molecule has 0 saturated carbocycles. The maximum absolute atomic E-state index is 6.47. The summed E-state index contributed by atoms with van der Waals surface area (Å²) in [5.74, 6) is 0. The molecule has 0 aliphatic heterocycles. The average Bonchev–Trinajstić information content (AvgIpc) is 3.86. The third-order valence-electron chi connectivity index (χ3n) is 12.9. The number of hydrogen-bond acceptors (Lipinski definition) is 2. The maximum Gasteiger partial charge on any atom is 0.143 e. The van der Waals surface area contributed by atoms with Crippen molar-refractivity contribution in [1.82, 2.24) is 0 Å². The van der Waals surface area contributed by atoms with Crippen LogP contribution in [-0.4, -0.2) is 0 Å². The fourth-order valence-electron chi connectivity index (χ4n) is 9.93. The Morgan fingerprint density at radius 1 is 0.453 bits per heavy atom. The lowest BCUT2D eigenvalue weighted by Crippen LogP contribution is -2.28. The van der Waals surface area contributed by atoms with E-state index in [1.54, 1.807) is 0 Å². The molecule has 0 spiro atoms. The lowest BCUT2D eigenvalue weighted by molar-refractivity contribution is 0.577. The molecule has 2 heteroatoms. The number of rotatable bonds is 9. The summed E-state index contributed by atoms with van der Waals surface area (Å²) in [6, 6.07) is 81.7. The minimum absolute atomic E-state index is 0.585. The Balaban J connectivity index is 1.13. The van der Waals surface area contributed by atoms with Gasteiger partial charge in [-0.25, -0.2) is 0 Å². The third-order valence-corrected chi connectivity index (χ3v) is 12.9. The molecule has 0 amide bonds. The minimum atomic E-state index is -0.585. The van der Waals surface area contributed by atoms with E-state index in [0.717, 1.165) is 49.8 Å². The van der Waals surface area contributed by atoms with E-state index in [4.69, 9.17) is 4.42 Å². The van der Waals surface area contributed by atoms with Gasteiger partial charge in [-0.3, -0.25) is 0 Å². The monoisotopic (exact) mass is 819 g/mol. The molecule has 10 aromatic rings. The predicted octanol–water partition coefficient (Wildman–Crippen LogP) is 15.0. The highest BCUT2D eigenvalue weighted by Gasteiger charge is 2.47. The molecule has 2 nitrogen and oxygen atoms in total. The first kappa shape index (κ1) is 38.7. The van der Waals surface area contributed by atoms with Crippen molar-refractivity contribution in [3.63, 3.8) is 0 Å². The van der Waals surface area contributed by atoms with Crippen molar-refractivity contribution >= 4 is 40.7 Å². The number of hydrogen-bond donors (Lipinski definition) is 0. The molecule has 0 saturated heterocycles. The zero-order valence-corrected chi connectivity index (χ0v) is 35.7. The molecule has 9 aromatic carbocycles. The molecule has 0 N–H and O–H groups in total. The van der Waals surface area contributed by atoms with Gasteiger partial charge in [-0.05, 0) is 111 Å². The summed E-state index contributed by atoms with van der Waals surface area (Å²) in [5, 5.41) is 1.92. The predicted molar refractivity (Wildman–Crippen MR) is 269 cm³/mol. The number of furan rings is 1. The molecule has 0 radical (unpaired) electrons. The molecule has 304 valence electrons. The Bertz CT molecular complexity index is 3380. The zero-order valence-electron chi connectivity index (χ0n) is 35.7. The van der Waals surface area contributed by atoms with Crippen LogP contribution in [0.4, 0.5) is 17.1 Å². The second-order valence-corrected chi connectivity index (χ2v) is 16.4. The van der Waals surface area contributed by atoms with Crippen LogP contribution in [0, 0.1) is 0 Å². The Labute approximate surface area is 374 Å². The van der Waals surface area contributed by atoms with Crippen molar-refractivity contribution in [3.05, 3.63) is 269 Å². The smallest absolute Gasteiger partial charge is 0.143 e. The number of nitrogens with zero attached hydrogens (tertiary/aromatic N) is 1. The summed E-state index contributed by atoms with van der Waals surface area (Å²) in [4.78, 5) is 2.40. The minimum Gasteiger partial charge on any atom is -0.455 e. The molecule has 1 aromatic heterocycles. The van der Waals surface area contributed by atoms with E-state index in [2.05, 4.69) is 236 Å². The van der Waals surface area contributed by atoms with Gasteiger partial charge >= 0.3 is 0 Å². The van der Waals surface area contributed by atoms with Gasteiger partial charge in [0.1, 0.15) is 11.0 Å². The first-order chi connectivity index (χ1) is 31.6. The van der Waals surface area contributed by atoms with E-state index < -0.39 is 5.41 Å². The van der Waals surface area contributed by atoms with Gasteiger partial charge in [-0.15, -0.1) is 0 Å². The standard InChI is InChI=1S/C62H45NO/c1-3-4-31-59-43(2)53-27-17-29-55(61(53)64-59)47-34-38-51(39-35-47)63(50-36-32-45(33-37-50)44-19-9-5-10-20-44)52-40-41-56-58(42-52)62(48-23-13-7-14-24-48,49-25-15-8-16-26-49)57-30-18-28-54(60(56)57)46-21-11-6-12-22-46/h3-42H,2H2,1H3/b4-3-,59-31+. The van der Waals surface area contributed by atoms with Crippen LogP contribution >= 0.6 is 0 Å². The van der Waals surface area contributed by atoms with Gasteiger partial charge in [0.05, 0.1) is 5.41 Å². The Kier molecular flexibility index (Phi) is 9.83. The van der Waals surface area contributed by atoms with Gasteiger partial charge in [0.25, 0.3) is 0 Å². The maximum atomic E-state index is 6.47. The lowest BCUT2D eigenvalue weighted by Gasteiger charge is -2.35. The van der Waals surface area contributed by atoms with Gasteiger partial charge < -0.3 is 9.32 Å². The largest absolute Gasteiger partial charge is 0.455 e. The Morgan fingerprint density at radius 2 is 0.969 bits per heavy atom. The van der Waals surface area contributed by atoms with E-state index in [-0.39, 0.29) is 0 Å². The quantitative estimate of drug-likeness (QED) is 0.144. The van der Waals surface area contributed by atoms with Crippen LogP contribution in [-0.2, 0) is 5.41 Å². The van der Waals surface area contributed by atoms with Crippen molar-refractivity contribution in [3.8, 4) is 44.5 Å². The van der Waals surface area contributed by atoms with Crippen molar-refractivity contribution in [2.45, 2.75) is 12.3 Å². The van der Waals surface area contributed by atoms with Gasteiger partial charge in [-0.1, -0.05) is 207 Å². The number of anilines is 3. The molecule has 64 heavy (non-hydrogen) atoms. The topological polar surface area (TPSA) is 16.4 Å². The van der Waals surface area contributed by atoms with E-state index in [1.165, 1.54) is 55.6 Å².